The molecule has 4 rings (SSSR count). The number of fused-ring (bicyclic) bond motifs is 1. The highest BCUT2D eigenvalue weighted by molar-refractivity contribution is 7.10. The maximum absolute atomic E-state index is 13.1. The third-order valence-corrected chi connectivity index (χ3v) is 6.39. The molecule has 2 heterocycles. The van der Waals surface area contributed by atoms with E-state index in [1.54, 1.807) is 42.7 Å². The quantitative estimate of drug-likeness (QED) is 0.595. The number of methoxy groups -OCH3 is 1. The molecular weight excluding hydrogens is 410 g/mol. The van der Waals surface area contributed by atoms with Crippen LogP contribution in [-0.2, 0) is 22.6 Å². The molecule has 0 fully saturated rings. The van der Waals surface area contributed by atoms with Crippen LogP contribution in [0.5, 0.6) is 5.75 Å². The first-order valence-corrected chi connectivity index (χ1v) is 11.1. The largest absolute Gasteiger partial charge is 0.497 e. The number of benzene rings is 2. The van der Waals surface area contributed by atoms with Gasteiger partial charge in [-0.2, -0.15) is 0 Å². The van der Waals surface area contributed by atoms with Gasteiger partial charge in [-0.3, -0.25) is 14.9 Å². The van der Waals surface area contributed by atoms with Crippen molar-refractivity contribution in [2.45, 2.75) is 19.0 Å². The molecule has 2 amide bonds. The van der Waals surface area contributed by atoms with Gasteiger partial charge >= 0.3 is 0 Å². The number of nitrogens with zero attached hydrogens (tertiary/aromatic N) is 1. The Morgan fingerprint density at radius 3 is 2.61 bits per heavy atom. The van der Waals surface area contributed by atoms with Gasteiger partial charge in [0.2, 0.25) is 11.8 Å². The monoisotopic (exact) mass is 435 g/mol. The molecule has 0 saturated heterocycles. The van der Waals surface area contributed by atoms with Gasteiger partial charge in [0.05, 0.1) is 13.7 Å². The Bertz CT molecular complexity index is 1030. The zero-order valence-electron chi connectivity index (χ0n) is 17.3. The molecule has 0 saturated carbocycles. The fourth-order valence-electron chi connectivity index (χ4n) is 3.66. The van der Waals surface area contributed by atoms with Crippen molar-refractivity contribution in [3.05, 3.63) is 82.0 Å². The van der Waals surface area contributed by atoms with E-state index < -0.39 is 6.04 Å². The van der Waals surface area contributed by atoms with Gasteiger partial charge in [0, 0.05) is 23.7 Å². The summed E-state index contributed by atoms with van der Waals surface area (Å²) in [6, 6.07) is 18.0. The van der Waals surface area contributed by atoms with Crippen LogP contribution in [0, 0.1) is 0 Å². The minimum Gasteiger partial charge on any atom is -0.497 e. The number of rotatable bonds is 7. The lowest BCUT2D eigenvalue weighted by molar-refractivity contribution is -0.131. The number of nitrogens with one attached hydrogen (secondary N) is 2. The number of hydrogen-bond donors (Lipinski definition) is 2. The fraction of sp³-hybridized carbons (Fsp3) is 0.250. The van der Waals surface area contributed by atoms with Crippen molar-refractivity contribution in [3.63, 3.8) is 0 Å². The normalized spacial score (nSPS) is 13.9. The second kappa shape index (κ2) is 9.76. The minimum absolute atomic E-state index is 0.00460. The van der Waals surface area contributed by atoms with Gasteiger partial charge in [-0.1, -0.05) is 30.3 Å². The van der Waals surface area contributed by atoms with Gasteiger partial charge in [-0.15, -0.1) is 11.3 Å². The lowest BCUT2D eigenvalue weighted by Gasteiger charge is -2.28. The average molecular weight is 436 g/mol. The van der Waals surface area contributed by atoms with E-state index in [2.05, 4.69) is 22.1 Å². The van der Waals surface area contributed by atoms with Gasteiger partial charge < -0.3 is 15.0 Å². The molecule has 0 bridgehead atoms. The van der Waals surface area contributed by atoms with Crippen LogP contribution in [0.4, 0.5) is 5.69 Å². The van der Waals surface area contributed by atoms with E-state index in [9.17, 15) is 9.59 Å². The lowest BCUT2D eigenvalue weighted by Crippen LogP contribution is -2.43. The number of carbonyl (C=O) groups is 2. The second-order valence-corrected chi connectivity index (χ2v) is 8.38. The highest BCUT2D eigenvalue weighted by atomic mass is 32.1. The molecular formula is C24H25N3O3S. The summed E-state index contributed by atoms with van der Waals surface area (Å²) in [5.74, 6) is 0.495. The molecule has 31 heavy (non-hydrogen) atoms. The van der Waals surface area contributed by atoms with E-state index in [-0.39, 0.29) is 18.4 Å². The molecule has 2 N–H and O–H groups in total. The van der Waals surface area contributed by atoms with Gasteiger partial charge in [-0.25, -0.2) is 0 Å². The van der Waals surface area contributed by atoms with Crippen LogP contribution in [0.2, 0.25) is 0 Å². The van der Waals surface area contributed by atoms with Crippen molar-refractivity contribution < 1.29 is 14.3 Å². The summed E-state index contributed by atoms with van der Waals surface area (Å²) < 4.78 is 5.16. The number of amides is 2. The van der Waals surface area contributed by atoms with Crippen LogP contribution < -0.4 is 15.4 Å². The van der Waals surface area contributed by atoms with Gasteiger partial charge in [0.25, 0.3) is 0 Å². The average Bonchev–Trinajstić information content (AvgIpc) is 3.28. The molecule has 0 spiro atoms. The highest BCUT2D eigenvalue weighted by Crippen LogP contribution is 2.24. The van der Waals surface area contributed by atoms with Gasteiger partial charge in [-0.05, 0) is 53.3 Å². The van der Waals surface area contributed by atoms with E-state index >= 15 is 0 Å². The molecule has 1 aromatic heterocycles. The van der Waals surface area contributed by atoms with E-state index in [0.29, 0.717) is 18.8 Å². The third kappa shape index (κ3) is 5.13. The Hall–Kier alpha value is -3.16. The SMILES string of the molecule is COc1ccc(NC(=O)C(NCC(=O)N2CCc3sccc3C2)c2ccccc2)cc1. The molecule has 1 aliphatic heterocycles. The van der Waals surface area contributed by atoms with Crippen LogP contribution in [0.15, 0.2) is 66.0 Å². The van der Waals surface area contributed by atoms with E-state index in [0.717, 1.165) is 17.7 Å². The molecule has 1 unspecified atom stereocenters. The summed E-state index contributed by atoms with van der Waals surface area (Å²) in [4.78, 5) is 29.1. The minimum atomic E-state index is -0.645. The maximum Gasteiger partial charge on any atom is 0.246 e. The van der Waals surface area contributed by atoms with Crippen LogP contribution in [0.25, 0.3) is 0 Å². The Kier molecular flexibility index (Phi) is 6.64. The molecule has 1 aliphatic rings. The van der Waals surface area contributed by atoms with Crippen LogP contribution in [-0.4, -0.2) is 36.9 Å². The highest BCUT2D eigenvalue weighted by Gasteiger charge is 2.25. The van der Waals surface area contributed by atoms with Crippen molar-refractivity contribution in [1.29, 1.82) is 0 Å². The molecule has 3 aromatic rings. The Labute approximate surface area is 185 Å². The van der Waals surface area contributed by atoms with Crippen LogP contribution in [0.1, 0.15) is 22.0 Å². The zero-order chi connectivity index (χ0) is 21.6. The first-order valence-electron chi connectivity index (χ1n) is 10.2. The zero-order valence-corrected chi connectivity index (χ0v) is 18.2. The lowest BCUT2D eigenvalue weighted by atomic mass is 10.1. The predicted octanol–water partition coefficient (Wildman–Crippen LogP) is 3.61. The van der Waals surface area contributed by atoms with Crippen LogP contribution >= 0.6 is 11.3 Å². The number of ether oxygens (including phenoxy) is 1. The first kappa shape index (κ1) is 21.1. The molecule has 1 atom stereocenters. The molecule has 2 aromatic carbocycles. The molecule has 0 aliphatic carbocycles. The van der Waals surface area contributed by atoms with Gasteiger partial charge in [0.15, 0.2) is 0 Å². The summed E-state index contributed by atoms with van der Waals surface area (Å²) in [6.45, 7) is 1.44. The Balaban J connectivity index is 1.42. The third-order valence-electron chi connectivity index (χ3n) is 5.37. The summed E-state index contributed by atoms with van der Waals surface area (Å²) in [5.41, 5.74) is 2.70. The van der Waals surface area contributed by atoms with Crippen molar-refractivity contribution >= 4 is 28.8 Å². The number of hydrogen-bond acceptors (Lipinski definition) is 5. The predicted molar refractivity (Wildman–Crippen MR) is 122 cm³/mol. The summed E-state index contributed by atoms with van der Waals surface area (Å²) in [6.07, 6.45) is 0.888. The number of carbonyl (C=O) groups excluding carboxylic acids is 2. The summed E-state index contributed by atoms with van der Waals surface area (Å²) >= 11 is 1.75. The summed E-state index contributed by atoms with van der Waals surface area (Å²) in [7, 11) is 1.60. The molecule has 7 heteroatoms. The maximum atomic E-state index is 13.1. The standard InChI is InChI=1S/C24H25N3O3S/c1-30-20-9-7-19(8-10-20)26-24(29)23(17-5-3-2-4-6-17)25-15-22(28)27-13-11-21-18(16-27)12-14-31-21/h2-10,12,14,23,25H,11,13,15-16H2,1H3,(H,26,29). The molecule has 0 radical (unpaired) electrons. The fourth-order valence-corrected chi connectivity index (χ4v) is 4.55. The van der Waals surface area contributed by atoms with Crippen molar-refractivity contribution in [3.8, 4) is 5.75 Å². The number of thiophene rings is 1. The molecule has 6 nitrogen and oxygen atoms in total. The Morgan fingerprint density at radius 2 is 1.87 bits per heavy atom. The van der Waals surface area contributed by atoms with Gasteiger partial charge in [0.1, 0.15) is 11.8 Å². The Morgan fingerprint density at radius 1 is 1.10 bits per heavy atom. The first-order chi connectivity index (χ1) is 15.1. The smallest absolute Gasteiger partial charge is 0.246 e. The summed E-state index contributed by atoms with van der Waals surface area (Å²) in [5, 5.41) is 8.17. The van der Waals surface area contributed by atoms with Crippen LogP contribution in [0.3, 0.4) is 0 Å². The van der Waals surface area contributed by atoms with Crippen molar-refractivity contribution in [2.75, 3.05) is 25.5 Å². The number of anilines is 1. The van der Waals surface area contributed by atoms with Crippen molar-refractivity contribution in [1.82, 2.24) is 10.2 Å². The van der Waals surface area contributed by atoms with E-state index in [1.807, 2.05) is 35.2 Å². The topological polar surface area (TPSA) is 70.7 Å². The van der Waals surface area contributed by atoms with Crippen molar-refractivity contribution in [2.24, 2.45) is 0 Å². The molecule has 160 valence electrons. The van der Waals surface area contributed by atoms with E-state index in [4.69, 9.17) is 4.74 Å². The second-order valence-electron chi connectivity index (χ2n) is 7.38. The van der Waals surface area contributed by atoms with E-state index in [1.165, 1.54) is 10.4 Å².